The number of pyridine rings is 2. The minimum atomic E-state index is -0.581. The first-order valence-corrected chi connectivity index (χ1v) is 9.90. The van der Waals surface area contributed by atoms with Crippen molar-refractivity contribution >= 4 is 17.1 Å². The SMILES string of the molecule is COc1ccc2nccc(C[C@H](NC(=O)OC(C)(C)C)[C@@H]3CC[C@@H](N)CO3)c2n1. The molecule has 1 aliphatic rings. The summed E-state index contributed by atoms with van der Waals surface area (Å²) < 4.78 is 16.7. The van der Waals surface area contributed by atoms with E-state index in [4.69, 9.17) is 19.9 Å². The second kappa shape index (κ2) is 8.92. The number of nitrogens with one attached hydrogen (secondary N) is 1. The normalized spacial score (nSPS) is 20.9. The average Bonchev–Trinajstić information content (AvgIpc) is 2.66. The summed E-state index contributed by atoms with van der Waals surface area (Å²) in [6.45, 7) is 5.99. The highest BCUT2D eigenvalue weighted by atomic mass is 16.6. The molecule has 0 aromatic carbocycles. The lowest BCUT2D eigenvalue weighted by Gasteiger charge is -2.34. The van der Waals surface area contributed by atoms with Crippen LogP contribution in [0.3, 0.4) is 0 Å². The van der Waals surface area contributed by atoms with E-state index in [0.29, 0.717) is 18.9 Å². The highest BCUT2D eigenvalue weighted by molar-refractivity contribution is 5.78. The fraction of sp³-hybridized carbons (Fsp3) is 0.571. The lowest BCUT2D eigenvalue weighted by molar-refractivity contribution is -0.0203. The third-order valence-electron chi connectivity index (χ3n) is 4.79. The number of hydrogen-bond donors (Lipinski definition) is 2. The van der Waals surface area contributed by atoms with Crippen molar-refractivity contribution in [2.75, 3.05) is 13.7 Å². The van der Waals surface area contributed by atoms with Gasteiger partial charge in [-0.05, 0) is 57.7 Å². The van der Waals surface area contributed by atoms with E-state index in [2.05, 4.69) is 15.3 Å². The van der Waals surface area contributed by atoms with Crippen LogP contribution >= 0.6 is 0 Å². The number of nitrogens with two attached hydrogens (primary N) is 1. The van der Waals surface area contributed by atoms with Gasteiger partial charge in [0.1, 0.15) is 5.60 Å². The Morgan fingerprint density at radius 2 is 2.14 bits per heavy atom. The molecule has 2 aromatic heterocycles. The smallest absolute Gasteiger partial charge is 0.407 e. The molecule has 29 heavy (non-hydrogen) atoms. The highest BCUT2D eigenvalue weighted by Crippen LogP contribution is 2.23. The summed E-state index contributed by atoms with van der Waals surface area (Å²) in [7, 11) is 1.58. The van der Waals surface area contributed by atoms with Crippen molar-refractivity contribution in [2.45, 2.75) is 63.8 Å². The molecule has 0 saturated carbocycles. The monoisotopic (exact) mass is 402 g/mol. The molecule has 0 radical (unpaired) electrons. The van der Waals surface area contributed by atoms with Crippen LogP contribution in [-0.4, -0.2) is 53.6 Å². The van der Waals surface area contributed by atoms with Gasteiger partial charge in [-0.3, -0.25) is 4.98 Å². The number of amides is 1. The molecule has 8 heteroatoms. The van der Waals surface area contributed by atoms with Gasteiger partial charge in [0.2, 0.25) is 5.88 Å². The van der Waals surface area contributed by atoms with Crippen LogP contribution < -0.4 is 15.8 Å². The number of carbonyl (C=O) groups is 1. The van der Waals surface area contributed by atoms with Gasteiger partial charge in [-0.1, -0.05) is 0 Å². The molecule has 3 atom stereocenters. The molecule has 0 spiro atoms. The van der Waals surface area contributed by atoms with Crippen LogP contribution in [0.1, 0.15) is 39.2 Å². The van der Waals surface area contributed by atoms with Crippen molar-refractivity contribution < 1.29 is 19.0 Å². The summed E-state index contributed by atoms with van der Waals surface area (Å²) in [5, 5.41) is 2.99. The van der Waals surface area contributed by atoms with E-state index in [9.17, 15) is 4.79 Å². The molecule has 3 rings (SSSR count). The maximum Gasteiger partial charge on any atom is 0.407 e. The molecular formula is C21H30N4O4. The Bertz CT molecular complexity index is 844. The van der Waals surface area contributed by atoms with Crippen LogP contribution in [0.5, 0.6) is 5.88 Å². The van der Waals surface area contributed by atoms with Crippen LogP contribution in [-0.2, 0) is 15.9 Å². The molecule has 1 aliphatic heterocycles. The topological polar surface area (TPSA) is 109 Å². The van der Waals surface area contributed by atoms with E-state index in [1.54, 1.807) is 19.4 Å². The van der Waals surface area contributed by atoms with E-state index in [-0.39, 0.29) is 18.2 Å². The summed E-state index contributed by atoms with van der Waals surface area (Å²) in [6, 6.07) is 5.31. The lowest BCUT2D eigenvalue weighted by Crippen LogP contribution is -2.50. The van der Waals surface area contributed by atoms with E-state index in [1.807, 2.05) is 32.9 Å². The summed E-state index contributed by atoms with van der Waals surface area (Å²) in [5.74, 6) is 0.517. The Hall–Kier alpha value is -2.45. The van der Waals surface area contributed by atoms with E-state index in [0.717, 1.165) is 29.4 Å². The zero-order chi connectivity index (χ0) is 21.0. The Morgan fingerprint density at radius 3 is 2.79 bits per heavy atom. The van der Waals surface area contributed by atoms with Gasteiger partial charge < -0.3 is 25.3 Å². The predicted molar refractivity (Wildman–Crippen MR) is 110 cm³/mol. The first kappa shape index (κ1) is 21.3. The molecular weight excluding hydrogens is 372 g/mol. The van der Waals surface area contributed by atoms with E-state index in [1.165, 1.54) is 0 Å². The van der Waals surface area contributed by atoms with E-state index >= 15 is 0 Å². The Labute approximate surface area is 171 Å². The van der Waals surface area contributed by atoms with E-state index < -0.39 is 11.7 Å². The van der Waals surface area contributed by atoms with Gasteiger partial charge in [0.05, 0.1) is 36.9 Å². The van der Waals surface area contributed by atoms with Gasteiger partial charge >= 0.3 is 6.09 Å². The van der Waals surface area contributed by atoms with Gasteiger partial charge in [-0.2, -0.15) is 0 Å². The summed E-state index contributed by atoms with van der Waals surface area (Å²) in [4.78, 5) is 21.4. The third-order valence-corrected chi connectivity index (χ3v) is 4.79. The molecule has 2 aromatic rings. The number of fused-ring (bicyclic) bond motifs is 1. The van der Waals surface area contributed by atoms with Crippen LogP contribution in [0, 0.1) is 0 Å². The van der Waals surface area contributed by atoms with Gasteiger partial charge in [0.25, 0.3) is 0 Å². The van der Waals surface area contributed by atoms with Crippen molar-refractivity contribution in [1.82, 2.24) is 15.3 Å². The minimum absolute atomic E-state index is 0.0288. The second-order valence-corrected chi connectivity index (χ2v) is 8.36. The van der Waals surface area contributed by atoms with Crippen molar-refractivity contribution in [3.8, 4) is 5.88 Å². The summed E-state index contributed by atoms with van der Waals surface area (Å²) >= 11 is 0. The highest BCUT2D eigenvalue weighted by Gasteiger charge is 2.30. The number of methoxy groups -OCH3 is 1. The van der Waals surface area contributed by atoms with Crippen LogP contribution in [0.25, 0.3) is 11.0 Å². The number of rotatable bonds is 5. The van der Waals surface area contributed by atoms with Crippen molar-refractivity contribution in [1.29, 1.82) is 0 Å². The number of nitrogens with zero attached hydrogens (tertiary/aromatic N) is 2. The molecule has 0 unspecified atom stereocenters. The largest absolute Gasteiger partial charge is 0.481 e. The number of hydrogen-bond acceptors (Lipinski definition) is 7. The third kappa shape index (κ3) is 5.77. The fourth-order valence-electron chi connectivity index (χ4n) is 3.42. The zero-order valence-corrected chi connectivity index (χ0v) is 17.5. The van der Waals surface area contributed by atoms with Crippen LogP contribution in [0.2, 0.25) is 0 Å². The Morgan fingerprint density at radius 1 is 1.34 bits per heavy atom. The molecule has 8 nitrogen and oxygen atoms in total. The van der Waals surface area contributed by atoms with Crippen LogP contribution in [0.4, 0.5) is 4.79 Å². The number of carbonyl (C=O) groups excluding carboxylic acids is 1. The van der Waals surface area contributed by atoms with Crippen molar-refractivity contribution in [3.05, 3.63) is 30.0 Å². The number of ether oxygens (including phenoxy) is 3. The number of alkyl carbamates (subject to hydrolysis) is 1. The second-order valence-electron chi connectivity index (χ2n) is 8.36. The predicted octanol–water partition coefficient (Wildman–Crippen LogP) is 2.58. The number of aromatic nitrogens is 2. The molecule has 1 saturated heterocycles. The maximum absolute atomic E-state index is 12.5. The maximum atomic E-state index is 12.5. The molecule has 1 amide bonds. The first-order valence-electron chi connectivity index (χ1n) is 9.90. The van der Waals surface area contributed by atoms with Gasteiger partial charge in [-0.25, -0.2) is 9.78 Å². The Kier molecular flexibility index (Phi) is 6.54. The summed E-state index contributed by atoms with van der Waals surface area (Å²) in [5.41, 5.74) is 7.86. The molecule has 0 aliphatic carbocycles. The fourth-order valence-corrected chi connectivity index (χ4v) is 3.42. The lowest BCUT2D eigenvalue weighted by atomic mass is 9.94. The molecule has 158 valence electrons. The standard InChI is InChI=1S/C21H30N4O4/c1-21(2,3)29-20(26)24-16(17-7-5-14(22)12-28-17)11-13-9-10-23-15-6-8-18(27-4)25-19(13)15/h6,8-10,14,16-17H,5,7,11-12,22H2,1-4H3,(H,24,26)/t14-,16+,17+/m1/s1. The van der Waals surface area contributed by atoms with Gasteiger partial charge in [-0.15, -0.1) is 0 Å². The first-order chi connectivity index (χ1) is 13.7. The molecule has 1 fully saturated rings. The Balaban J connectivity index is 1.86. The van der Waals surface area contributed by atoms with Crippen molar-refractivity contribution in [2.24, 2.45) is 5.73 Å². The molecule has 3 N–H and O–H groups in total. The van der Waals surface area contributed by atoms with Crippen LogP contribution in [0.15, 0.2) is 24.4 Å². The van der Waals surface area contributed by atoms with Gasteiger partial charge in [0.15, 0.2) is 0 Å². The summed E-state index contributed by atoms with van der Waals surface area (Å²) in [6.07, 6.45) is 3.26. The molecule has 3 heterocycles. The average molecular weight is 402 g/mol. The minimum Gasteiger partial charge on any atom is -0.481 e. The quantitative estimate of drug-likeness (QED) is 0.791. The zero-order valence-electron chi connectivity index (χ0n) is 17.5. The van der Waals surface area contributed by atoms with Crippen molar-refractivity contribution in [3.63, 3.8) is 0 Å². The molecule has 0 bridgehead atoms. The van der Waals surface area contributed by atoms with Gasteiger partial charge in [0, 0.05) is 18.3 Å².